The summed E-state index contributed by atoms with van der Waals surface area (Å²) in [5.74, 6) is -0.523. The molecule has 1 aliphatic heterocycles. The topological polar surface area (TPSA) is 114 Å². The SMILES string of the molecule is CC(C)C[C@@H]1NC(=O)OC(c2cccc(Cl)c2)CCCCCCNC(=O)CC[C@@H](C=O)NC1=O. The predicted molar refractivity (Wildman–Crippen MR) is 130 cm³/mol. The van der Waals surface area contributed by atoms with E-state index in [-0.39, 0.29) is 24.7 Å². The number of benzene rings is 1. The average molecular weight is 494 g/mol. The summed E-state index contributed by atoms with van der Waals surface area (Å²) < 4.78 is 5.75. The van der Waals surface area contributed by atoms with E-state index in [2.05, 4.69) is 16.0 Å². The van der Waals surface area contributed by atoms with E-state index in [1.807, 2.05) is 26.0 Å². The van der Waals surface area contributed by atoms with Gasteiger partial charge >= 0.3 is 6.09 Å². The summed E-state index contributed by atoms with van der Waals surface area (Å²) in [7, 11) is 0. The van der Waals surface area contributed by atoms with E-state index >= 15 is 0 Å². The summed E-state index contributed by atoms with van der Waals surface area (Å²) in [6, 6.07) is 5.51. The van der Waals surface area contributed by atoms with Crippen LogP contribution in [0.1, 0.15) is 76.9 Å². The molecule has 1 heterocycles. The highest BCUT2D eigenvalue weighted by molar-refractivity contribution is 6.30. The minimum absolute atomic E-state index is 0.109. The molecule has 0 saturated carbocycles. The molecule has 9 heteroatoms. The Labute approximate surface area is 206 Å². The number of hydrogen-bond donors (Lipinski definition) is 3. The van der Waals surface area contributed by atoms with E-state index in [1.165, 1.54) is 0 Å². The van der Waals surface area contributed by atoms with Crippen LogP contribution in [0.5, 0.6) is 0 Å². The van der Waals surface area contributed by atoms with E-state index < -0.39 is 30.2 Å². The summed E-state index contributed by atoms with van der Waals surface area (Å²) >= 11 is 6.15. The number of cyclic esters (lactones) is 1. The van der Waals surface area contributed by atoms with Gasteiger partial charge in [-0.25, -0.2) is 4.79 Å². The van der Waals surface area contributed by atoms with Crippen molar-refractivity contribution in [3.63, 3.8) is 0 Å². The summed E-state index contributed by atoms with van der Waals surface area (Å²) in [5.41, 5.74) is 0.787. The lowest BCUT2D eigenvalue weighted by molar-refractivity contribution is -0.127. The first kappa shape index (κ1) is 27.6. The summed E-state index contributed by atoms with van der Waals surface area (Å²) in [4.78, 5) is 49.2. The van der Waals surface area contributed by atoms with Crippen molar-refractivity contribution in [2.45, 2.75) is 83.4 Å². The van der Waals surface area contributed by atoms with Crippen LogP contribution in [-0.2, 0) is 19.1 Å². The number of amides is 3. The Hall–Kier alpha value is -2.61. The maximum absolute atomic E-state index is 12.9. The van der Waals surface area contributed by atoms with E-state index in [9.17, 15) is 19.2 Å². The van der Waals surface area contributed by atoms with Crippen LogP contribution in [0.3, 0.4) is 0 Å². The largest absolute Gasteiger partial charge is 0.441 e. The molecule has 1 fully saturated rings. The van der Waals surface area contributed by atoms with Crippen LogP contribution >= 0.6 is 11.6 Å². The molecule has 1 aromatic carbocycles. The van der Waals surface area contributed by atoms with Crippen molar-refractivity contribution in [1.29, 1.82) is 0 Å². The standard InChI is InChI=1S/C25H36ClN3O5/c1-17(2)14-21-24(32)28-20(16-30)11-12-23(31)27-13-6-4-3-5-10-22(34-25(33)29-21)18-8-7-9-19(26)15-18/h7-9,15-17,20-22H,3-6,10-14H2,1-2H3,(H,27,31)(H,28,32)(H,29,33)/t20-,21-,22?/m0/s1. The fraction of sp³-hybridized carbons (Fsp3) is 0.600. The molecule has 188 valence electrons. The highest BCUT2D eigenvalue weighted by Gasteiger charge is 2.27. The number of carbonyl (C=O) groups is 4. The zero-order valence-electron chi connectivity index (χ0n) is 20.0. The molecule has 0 aliphatic carbocycles. The number of nitrogens with one attached hydrogen (secondary N) is 3. The molecular formula is C25H36ClN3O5. The van der Waals surface area contributed by atoms with Crippen LogP contribution in [0.15, 0.2) is 24.3 Å². The first-order valence-corrected chi connectivity index (χ1v) is 12.4. The minimum atomic E-state index is -0.873. The van der Waals surface area contributed by atoms with Crippen LogP contribution in [-0.4, -0.2) is 42.8 Å². The Kier molecular flexibility index (Phi) is 11.9. The molecule has 3 N–H and O–H groups in total. The third-order valence-corrected chi connectivity index (χ3v) is 5.91. The molecule has 34 heavy (non-hydrogen) atoms. The second-order valence-electron chi connectivity index (χ2n) is 9.12. The normalized spacial score (nSPS) is 24.1. The highest BCUT2D eigenvalue weighted by Crippen LogP contribution is 2.26. The first-order valence-electron chi connectivity index (χ1n) is 12.0. The van der Waals surface area contributed by atoms with Gasteiger partial charge in [-0.3, -0.25) is 9.59 Å². The van der Waals surface area contributed by atoms with Gasteiger partial charge in [0.15, 0.2) is 0 Å². The second kappa shape index (κ2) is 14.6. The monoisotopic (exact) mass is 493 g/mol. The number of rotatable bonds is 4. The summed E-state index contributed by atoms with van der Waals surface area (Å²) in [5, 5.41) is 8.72. The zero-order valence-corrected chi connectivity index (χ0v) is 20.7. The third-order valence-electron chi connectivity index (χ3n) is 5.68. The molecule has 3 amide bonds. The third kappa shape index (κ3) is 10.1. The van der Waals surface area contributed by atoms with Crippen molar-refractivity contribution in [3.8, 4) is 0 Å². The van der Waals surface area contributed by atoms with Gasteiger partial charge < -0.3 is 25.5 Å². The van der Waals surface area contributed by atoms with Crippen molar-refractivity contribution < 1.29 is 23.9 Å². The fourth-order valence-electron chi connectivity index (χ4n) is 3.88. The lowest BCUT2D eigenvalue weighted by Gasteiger charge is -2.24. The van der Waals surface area contributed by atoms with Gasteiger partial charge in [0.05, 0.1) is 6.04 Å². The smallest absolute Gasteiger partial charge is 0.408 e. The van der Waals surface area contributed by atoms with Gasteiger partial charge in [-0.05, 0) is 55.7 Å². The second-order valence-corrected chi connectivity index (χ2v) is 9.55. The van der Waals surface area contributed by atoms with Crippen molar-refractivity contribution in [1.82, 2.24) is 16.0 Å². The summed E-state index contributed by atoms with van der Waals surface area (Å²) in [6.45, 7) is 4.42. The molecule has 3 atom stereocenters. The van der Waals surface area contributed by atoms with Crippen LogP contribution in [0, 0.1) is 5.92 Å². The van der Waals surface area contributed by atoms with Crippen molar-refractivity contribution in [3.05, 3.63) is 34.9 Å². The molecule has 0 spiro atoms. The molecule has 8 nitrogen and oxygen atoms in total. The van der Waals surface area contributed by atoms with Gasteiger partial charge in [-0.1, -0.05) is 50.4 Å². The van der Waals surface area contributed by atoms with Crippen LogP contribution in [0.4, 0.5) is 4.79 Å². The molecule has 1 aliphatic rings. The van der Waals surface area contributed by atoms with Gasteiger partial charge in [-0.2, -0.15) is 0 Å². The number of aldehydes is 1. The molecule has 1 aromatic rings. The Morgan fingerprint density at radius 2 is 1.85 bits per heavy atom. The van der Waals surface area contributed by atoms with Crippen molar-refractivity contribution >= 4 is 35.8 Å². The van der Waals surface area contributed by atoms with Crippen molar-refractivity contribution in [2.24, 2.45) is 5.92 Å². The summed E-state index contributed by atoms with van der Waals surface area (Å²) in [6.07, 6.45) is 4.21. The lowest BCUT2D eigenvalue weighted by atomic mass is 10.0. The predicted octanol–water partition coefficient (Wildman–Crippen LogP) is 4.07. The molecule has 0 bridgehead atoms. The maximum atomic E-state index is 12.9. The number of hydrogen-bond acceptors (Lipinski definition) is 5. The van der Waals surface area contributed by atoms with Gasteiger partial charge in [0.2, 0.25) is 11.8 Å². The van der Waals surface area contributed by atoms with E-state index in [0.717, 1.165) is 31.2 Å². The van der Waals surface area contributed by atoms with Gasteiger partial charge in [0.25, 0.3) is 0 Å². The number of ether oxygens (including phenoxy) is 1. The molecule has 1 saturated heterocycles. The number of halogens is 1. The van der Waals surface area contributed by atoms with Gasteiger partial charge in [0, 0.05) is 18.0 Å². The first-order chi connectivity index (χ1) is 16.3. The average Bonchev–Trinajstić information content (AvgIpc) is 2.78. The van der Waals surface area contributed by atoms with Gasteiger partial charge in [-0.15, -0.1) is 0 Å². The molecule has 1 unspecified atom stereocenters. The Morgan fingerprint density at radius 1 is 1.09 bits per heavy atom. The molecule has 0 radical (unpaired) electrons. The fourth-order valence-corrected chi connectivity index (χ4v) is 4.08. The van der Waals surface area contributed by atoms with E-state index in [4.69, 9.17) is 16.3 Å². The van der Waals surface area contributed by atoms with E-state index in [1.54, 1.807) is 12.1 Å². The van der Waals surface area contributed by atoms with Crippen LogP contribution < -0.4 is 16.0 Å². The zero-order chi connectivity index (χ0) is 24.9. The Morgan fingerprint density at radius 3 is 2.56 bits per heavy atom. The van der Waals surface area contributed by atoms with Crippen molar-refractivity contribution in [2.75, 3.05) is 6.54 Å². The van der Waals surface area contributed by atoms with E-state index in [0.29, 0.717) is 30.7 Å². The lowest BCUT2D eigenvalue weighted by Crippen LogP contribution is -2.51. The molecule has 0 aromatic heterocycles. The minimum Gasteiger partial charge on any atom is -0.441 e. The highest BCUT2D eigenvalue weighted by atomic mass is 35.5. The Bertz CT molecular complexity index is 833. The maximum Gasteiger partial charge on any atom is 0.408 e. The van der Waals surface area contributed by atoms with Crippen LogP contribution in [0.2, 0.25) is 5.02 Å². The number of carbonyl (C=O) groups excluding carboxylic acids is 4. The van der Waals surface area contributed by atoms with Crippen LogP contribution in [0.25, 0.3) is 0 Å². The quantitative estimate of drug-likeness (QED) is 0.547. The Balaban J connectivity index is 2.20. The molecule has 2 rings (SSSR count). The number of alkyl carbamates (subject to hydrolysis) is 1. The van der Waals surface area contributed by atoms with Gasteiger partial charge in [0.1, 0.15) is 18.4 Å². The molecular weight excluding hydrogens is 458 g/mol.